The molecule has 3 nitrogen and oxygen atoms in total. The van der Waals surface area contributed by atoms with Crippen molar-refractivity contribution in [1.29, 1.82) is 0 Å². The van der Waals surface area contributed by atoms with Gasteiger partial charge in [-0.25, -0.2) is 9.97 Å². The van der Waals surface area contributed by atoms with Crippen LogP contribution in [0.5, 0.6) is 0 Å². The fraction of sp³-hybridized carbons (Fsp3) is 0.0541. The minimum atomic E-state index is 0.702. The van der Waals surface area contributed by atoms with Crippen molar-refractivity contribution in [2.75, 3.05) is 0 Å². The van der Waals surface area contributed by atoms with E-state index in [9.17, 15) is 0 Å². The molecule has 0 saturated carbocycles. The Balaban J connectivity index is 1.40. The molecule has 0 saturated heterocycles. The largest absolute Gasteiger partial charge is 0.264 e. The summed E-state index contributed by atoms with van der Waals surface area (Å²) in [4.78, 5) is 14.3. The number of fused-ring (bicyclic) bond motifs is 1. The minimum Gasteiger partial charge on any atom is -0.264 e. The minimum absolute atomic E-state index is 0.702. The van der Waals surface area contributed by atoms with Crippen molar-refractivity contribution in [1.82, 2.24) is 15.0 Å². The number of aromatic nitrogens is 3. The Labute approximate surface area is 235 Å². The van der Waals surface area contributed by atoms with Gasteiger partial charge in [0.15, 0.2) is 5.82 Å². The fourth-order valence-corrected chi connectivity index (χ4v) is 4.93. The summed E-state index contributed by atoms with van der Waals surface area (Å²) >= 11 is 0. The summed E-state index contributed by atoms with van der Waals surface area (Å²) in [6, 6.07) is 29.1. The van der Waals surface area contributed by atoms with Gasteiger partial charge in [0.25, 0.3) is 0 Å². The van der Waals surface area contributed by atoms with E-state index in [1.165, 1.54) is 5.57 Å². The van der Waals surface area contributed by atoms with E-state index in [0.717, 1.165) is 62.8 Å². The van der Waals surface area contributed by atoms with Gasteiger partial charge >= 0.3 is 0 Å². The molecule has 2 aromatic heterocycles. The highest BCUT2D eigenvalue weighted by Crippen LogP contribution is 2.30. The van der Waals surface area contributed by atoms with Crippen LogP contribution in [-0.2, 0) is 0 Å². The van der Waals surface area contributed by atoms with Gasteiger partial charge in [-0.05, 0) is 64.6 Å². The second-order valence-corrected chi connectivity index (χ2v) is 9.75. The number of rotatable bonds is 7. The summed E-state index contributed by atoms with van der Waals surface area (Å²) < 4.78 is 0. The molecule has 0 atom stereocenters. The van der Waals surface area contributed by atoms with Crippen LogP contribution in [-0.4, -0.2) is 15.0 Å². The molecule has 2 heterocycles. The highest BCUT2D eigenvalue weighted by atomic mass is 14.9. The second-order valence-electron chi connectivity index (χ2n) is 9.75. The summed E-state index contributed by atoms with van der Waals surface area (Å²) in [5.41, 5.74) is 8.25. The van der Waals surface area contributed by atoms with Crippen LogP contribution < -0.4 is 0 Å². The standard InChI is InChI=1S/C37H29N3/c1-27(28-13-3-2-4-14-28)12-5-7-20-33-25-36(31-18-9-17-30(24-31)32-19-11-23-38-26-32)40-37(39-33)35-22-10-16-29-15-6-8-21-34(29)35/h2-3,5-13,15-26H,1,4,14H2/b12-5-,20-7+. The molecule has 0 aliphatic heterocycles. The lowest BCUT2D eigenvalue weighted by Gasteiger charge is -2.10. The number of hydrogen-bond acceptors (Lipinski definition) is 3. The van der Waals surface area contributed by atoms with Crippen LogP contribution in [0.25, 0.3) is 50.6 Å². The third-order valence-corrected chi connectivity index (χ3v) is 7.03. The smallest absolute Gasteiger partial charge is 0.161 e. The predicted octanol–water partition coefficient (Wildman–Crippen LogP) is 9.43. The maximum absolute atomic E-state index is 5.07. The van der Waals surface area contributed by atoms with E-state index in [1.54, 1.807) is 6.20 Å². The molecule has 5 aromatic rings. The Bertz CT molecular complexity index is 1800. The average molecular weight is 516 g/mol. The Morgan fingerprint density at radius 3 is 2.52 bits per heavy atom. The fourth-order valence-electron chi connectivity index (χ4n) is 4.93. The van der Waals surface area contributed by atoms with Crippen molar-refractivity contribution in [2.45, 2.75) is 12.8 Å². The van der Waals surface area contributed by atoms with Gasteiger partial charge in [0, 0.05) is 29.1 Å². The first-order valence-corrected chi connectivity index (χ1v) is 13.5. The van der Waals surface area contributed by atoms with Crippen LogP contribution in [0.2, 0.25) is 0 Å². The molecule has 0 N–H and O–H groups in total. The normalized spacial score (nSPS) is 13.2. The highest BCUT2D eigenvalue weighted by Gasteiger charge is 2.11. The van der Waals surface area contributed by atoms with E-state index in [2.05, 4.69) is 109 Å². The molecule has 0 bridgehead atoms. The quantitative estimate of drug-likeness (QED) is 0.203. The van der Waals surface area contributed by atoms with Crippen LogP contribution >= 0.6 is 0 Å². The van der Waals surface area contributed by atoms with Crippen molar-refractivity contribution >= 4 is 16.8 Å². The van der Waals surface area contributed by atoms with E-state index in [4.69, 9.17) is 9.97 Å². The first kappa shape index (κ1) is 25.1. The zero-order chi connectivity index (χ0) is 27.1. The molecule has 1 aliphatic rings. The summed E-state index contributed by atoms with van der Waals surface area (Å²) in [7, 11) is 0. The summed E-state index contributed by atoms with van der Waals surface area (Å²) in [6.45, 7) is 4.24. The van der Waals surface area contributed by atoms with Crippen molar-refractivity contribution in [3.05, 3.63) is 157 Å². The molecule has 1 aliphatic carbocycles. The lowest BCUT2D eigenvalue weighted by molar-refractivity contribution is 0.979. The Morgan fingerprint density at radius 2 is 1.65 bits per heavy atom. The van der Waals surface area contributed by atoms with Gasteiger partial charge < -0.3 is 0 Å². The Kier molecular flexibility index (Phi) is 7.36. The number of nitrogens with zero attached hydrogens (tertiary/aromatic N) is 3. The topological polar surface area (TPSA) is 38.7 Å². The molecule has 0 unspecified atom stereocenters. The number of allylic oxidation sites excluding steroid dienone is 8. The summed E-state index contributed by atoms with van der Waals surface area (Å²) in [5.74, 6) is 0.702. The first-order chi connectivity index (χ1) is 19.7. The Morgan fingerprint density at radius 1 is 0.800 bits per heavy atom. The van der Waals surface area contributed by atoms with Crippen molar-refractivity contribution < 1.29 is 0 Å². The molecule has 0 radical (unpaired) electrons. The molecule has 3 heteroatoms. The third-order valence-electron chi connectivity index (χ3n) is 7.03. The van der Waals surface area contributed by atoms with E-state index in [-0.39, 0.29) is 0 Å². The Hall–Kier alpha value is -5.15. The lowest BCUT2D eigenvalue weighted by Crippen LogP contribution is -1.96. The van der Waals surface area contributed by atoms with Crippen molar-refractivity contribution in [3.8, 4) is 33.8 Å². The molecular formula is C37H29N3. The predicted molar refractivity (Wildman–Crippen MR) is 167 cm³/mol. The molecular weight excluding hydrogens is 486 g/mol. The zero-order valence-electron chi connectivity index (χ0n) is 22.2. The van der Waals surface area contributed by atoms with E-state index >= 15 is 0 Å². The van der Waals surface area contributed by atoms with E-state index in [1.807, 2.05) is 36.6 Å². The summed E-state index contributed by atoms with van der Waals surface area (Å²) in [5, 5.41) is 2.30. The van der Waals surface area contributed by atoms with Crippen molar-refractivity contribution in [2.24, 2.45) is 0 Å². The number of pyridine rings is 1. The van der Waals surface area contributed by atoms with Gasteiger partial charge in [-0.15, -0.1) is 0 Å². The van der Waals surface area contributed by atoms with Gasteiger partial charge in [-0.1, -0.05) is 110 Å². The van der Waals surface area contributed by atoms with Crippen LogP contribution in [0.3, 0.4) is 0 Å². The third kappa shape index (κ3) is 5.64. The van der Waals surface area contributed by atoms with Crippen LogP contribution in [0.15, 0.2) is 152 Å². The van der Waals surface area contributed by atoms with E-state index in [0.29, 0.717) is 5.82 Å². The molecule has 0 fully saturated rings. The van der Waals surface area contributed by atoms with Gasteiger partial charge in [0.2, 0.25) is 0 Å². The molecule has 0 amide bonds. The molecule has 6 rings (SSSR count). The van der Waals surface area contributed by atoms with Crippen LogP contribution in [0.4, 0.5) is 0 Å². The molecule has 3 aromatic carbocycles. The molecule has 192 valence electrons. The van der Waals surface area contributed by atoms with Gasteiger partial charge in [0.05, 0.1) is 11.4 Å². The van der Waals surface area contributed by atoms with Gasteiger partial charge in [-0.3, -0.25) is 4.98 Å². The number of benzene rings is 3. The molecule has 0 spiro atoms. The van der Waals surface area contributed by atoms with Crippen LogP contribution in [0.1, 0.15) is 18.5 Å². The molecule has 40 heavy (non-hydrogen) atoms. The summed E-state index contributed by atoms with van der Waals surface area (Å²) in [6.07, 6.45) is 20.4. The monoisotopic (exact) mass is 515 g/mol. The zero-order valence-corrected chi connectivity index (χ0v) is 22.2. The maximum atomic E-state index is 5.07. The van der Waals surface area contributed by atoms with Crippen molar-refractivity contribution in [3.63, 3.8) is 0 Å². The lowest BCUT2D eigenvalue weighted by atomic mass is 9.98. The van der Waals surface area contributed by atoms with Crippen LogP contribution in [0, 0.1) is 0 Å². The SMILES string of the molecule is C=C(/C=C\C=C\c1cc(-c2cccc(-c3cccnc3)c2)nc(-c2cccc3ccccc23)n1)C1=CC=CCC1. The average Bonchev–Trinajstić information content (AvgIpc) is 3.03. The number of hydrogen-bond donors (Lipinski definition) is 0. The first-order valence-electron chi connectivity index (χ1n) is 13.5. The van der Waals surface area contributed by atoms with Gasteiger partial charge in [-0.2, -0.15) is 0 Å². The second kappa shape index (κ2) is 11.7. The maximum Gasteiger partial charge on any atom is 0.161 e. The van der Waals surface area contributed by atoms with Gasteiger partial charge in [0.1, 0.15) is 0 Å². The van der Waals surface area contributed by atoms with E-state index < -0.39 is 0 Å². The highest BCUT2D eigenvalue weighted by molar-refractivity contribution is 5.95.